The monoisotopic (exact) mass is 756 g/mol. The van der Waals surface area contributed by atoms with E-state index in [1.54, 1.807) is 12.1 Å². The number of benzene rings is 2. The number of rotatable bonds is 16. The average molecular weight is 757 g/mol. The fraction of sp³-hybridized carbons (Fsp3) is 0.368. The summed E-state index contributed by atoms with van der Waals surface area (Å²) in [4.78, 5) is 93.4. The Balaban J connectivity index is 0.885. The smallest absolute Gasteiger partial charge is 0.332 e. The van der Waals surface area contributed by atoms with Gasteiger partial charge in [0.2, 0.25) is 17.7 Å². The fourth-order valence-corrected chi connectivity index (χ4v) is 6.85. The van der Waals surface area contributed by atoms with Crippen molar-refractivity contribution in [2.24, 2.45) is 0 Å². The molecule has 0 bridgehead atoms. The molecule has 0 saturated carbocycles. The van der Waals surface area contributed by atoms with E-state index < -0.39 is 52.8 Å². The number of imide groups is 2. The standard InChI is InChI=1S/C38H40N6O11/c1-53-37(52)38(20-22-6-2-3-7-23(22)21-38)43-34(49)31-32(47)27(12-15-41-31)55-17-5-14-40-28(45)13-18-54-19-16-39-25-9-4-8-24-30(25)36(51)44(35(24)50)26-10-11-29(46)42-33(26)48/h2-4,6-9,12,15,26,39,47H,5,10-11,13-14,16-21H2,1H3,(H,40,45)(H,43,49)(H,42,46,48). The summed E-state index contributed by atoms with van der Waals surface area (Å²) >= 11 is 0. The molecule has 17 heteroatoms. The van der Waals surface area contributed by atoms with Gasteiger partial charge in [0.05, 0.1) is 38.1 Å². The summed E-state index contributed by atoms with van der Waals surface area (Å²) in [7, 11) is 1.25. The van der Waals surface area contributed by atoms with Crippen molar-refractivity contribution in [3.05, 3.63) is 82.7 Å². The van der Waals surface area contributed by atoms with E-state index in [4.69, 9.17) is 14.2 Å². The van der Waals surface area contributed by atoms with E-state index in [1.165, 1.54) is 25.4 Å². The summed E-state index contributed by atoms with van der Waals surface area (Å²) in [5.41, 5.74) is 0.858. The third-order valence-corrected chi connectivity index (χ3v) is 9.54. The Kier molecular flexibility index (Phi) is 11.7. The number of amides is 6. The van der Waals surface area contributed by atoms with Gasteiger partial charge >= 0.3 is 5.97 Å². The molecule has 1 unspecified atom stereocenters. The van der Waals surface area contributed by atoms with Crippen molar-refractivity contribution in [3.8, 4) is 11.5 Å². The number of anilines is 1. The van der Waals surface area contributed by atoms with Crippen LogP contribution in [0, 0.1) is 0 Å². The SMILES string of the molecule is COC(=O)C1(NC(=O)c2nccc(OCCCNC(=O)CCOCCNc3cccc4c3C(=O)N(C3CCC(=O)NC3=O)C4=O)c2O)Cc2ccccc2C1. The lowest BCUT2D eigenvalue weighted by Crippen LogP contribution is -2.56. The van der Waals surface area contributed by atoms with E-state index in [9.17, 15) is 38.7 Å². The molecule has 55 heavy (non-hydrogen) atoms. The Morgan fingerprint density at radius 2 is 1.73 bits per heavy atom. The molecule has 1 atom stereocenters. The number of hydrogen-bond donors (Lipinski definition) is 5. The van der Waals surface area contributed by atoms with Gasteiger partial charge in [-0.2, -0.15) is 0 Å². The van der Waals surface area contributed by atoms with Gasteiger partial charge in [-0.05, 0) is 36.1 Å². The predicted molar refractivity (Wildman–Crippen MR) is 192 cm³/mol. The molecule has 17 nitrogen and oxygen atoms in total. The Labute approximate surface area is 315 Å². The van der Waals surface area contributed by atoms with E-state index >= 15 is 0 Å². The molecule has 3 aromatic rings. The molecule has 6 amide bonds. The van der Waals surface area contributed by atoms with Gasteiger partial charge in [-0.15, -0.1) is 0 Å². The number of pyridine rings is 1. The number of methoxy groups -OCH3 is 1. The predicted octanol–water partition coefficient (Wildman–Crippen LogP) is 1.03. The Hall–Kier alpha value is -6.36. The lowest BCUT2D eigenvalue weighted by Gasteiger charge is -2.27. The minimum atomic E-state index is -1.35. The maximum atomic E-state index is 13.2. The van der Waals surface area contributed by atoms with Crippen LogP contribution < -0.4 is 26.0 Å². The van der Waals surface area contributed by atoms with Crippen LogP contribution in [0.3, 0.4) is 0 Å². The van der Waals surface area contributed by atoms with Crippen LogP contribution in [-0.2, 0) is 41.5 Å². The van der Waals surface area contributed by atoms with Crippen LogP contribution >= 0.6 is 0 Å². The molecule has 5 N–H and O–H groups in total. The first-order chi connectivity index (χ1) is 26.5. The number of aromatic nitrogens is 1. The third-order valence-electron chi connectivity index (χ3n) is 9.54. The van der Waals surface area contributed by atoms with Gasteiger partial charge in [0.25, 0.3) is 17.7 Å². The second kappa shape index (κ2) is 16.8. The van der Waals surface area contributed by atoms with Crippen molar-refractivity contribution in [1.82, 2.24) is 25.8 Å². The maximum Gasteiger partial charge on any atom is 0.332 e. The van der Waals surface area contributed by atoms with Crippen LogP contribution in [0.5, 0.6) is 11.5 Å². The molecule has 1 aliphatic carbocycles. The number of hydrogen-bond acceptors (Lipinski definition) is 13. The summed E-state index contributed by atoms with van der Waals surface area (Å²) in [5.74, 6) is -4.46. The lowest BCUT2D eigenvalue weighted by molar-refractivity contribution is -0.148. The highest BCUT2D eigenvalue weighted by molar-refractivity contribution is 6.25. The van der Waals surface area contributed by atoms with E-state index in [0.29, 0.717) is 12.1 Å². The van der Waals surface area contributed by atoms with Gasteiger partial charge < -0.3 is 35.3 Å². The minimum Gasteiger partial charge on any atom is -0.503 e. The van der Waals surface area contributed by atoms with Gasteiger partial charge in [-0.3, -0.25) is 39.0 Å². The minimum absolute atomic E-state index is 0.0124. The number of nitrogens with one attached hydrogen (secondary N) is 4. The zero-order valence-corrected chi connectivity index (χ0v) is 30.0. The topological polar surface area (TPSA) is 232 Å². The molecule has 2 aromatic carbocycles. The molecule has 3 aliphatic rings. The number of carbonyl (C=O) groups excluding carboxylic acids is 7. The van der Waals surface area contributed by atoms with Crippen molar-refractivity contribution in [3.63, 3.8) is 0 Å². The first-order valence-electron chi connectivity index (χ1n) is 17.7. The molecule has 6 rings (SSSR count). The first kappa shape index (κ1) is 38.4. The van der Waals surface area contributed by atoms with Crippen molar-refractivity contribution in [2.75, 3.05) is 45.3 Å². The van der Waals surface area contributed by atoms with Crippen LogP contribution in [0.4, 0.5) is 5.69 Å². The Bertz CT molecular complexity index is 2010. The molecule has 0 radical (unpaired) electrons. The number of piperidine rings is 1. The van der Waals surface area contributed by atoms with Gasteiger partial charge in [-0.25, -0.2) is 9.78 Å². The molecule has 2 aliphatic heterocycles. The van der Waals surface area contributed by atoms with Crippen molar-refractivity contribution < 1.29 is 52.9 Å². The Morgan fingerprint density at radius 1 is 0.964 bits per heavy atom. The van der Waals surface area contributed by atoms with E-state index in [1.807, 2.05) is 24.3 Å². The molecule has 288 valence electrons. The van der Waals surface area contributed by atoms with Gasteiger partial charge in [-0.1, -0.05) is 30.3 Å². The van der Waals surface area contributed by atoms with Crippen LogP contribution in [0.15, 0.2) is 54.7 Å². The van der Waals surface area contributed by atoms with E-state index in [-0.39, 0.29) is 93.5 Å². The van der Waals surface area contributed by atoms with Gasteiger partial charge in [0.15, 0.2) is 17.2 Å². The number of carbonyl (C=O) groups is 7. The number of fused-ring (bicyclic) bond motifs is 2. The van der Waals surface area contributed by atoms with Gasteiger partial charge in [0.1, 0.15) is 11.6 Å². The summed E-state index contributed by atoms with van der Waals surface area (Å²) in [6.45, 7) is 0.947. The normalized spacial score (nSPS) is 16.9. The molecule has 3 heterocycles. The van der Waals surface area contributed by atoms with Crippen LogP contribution in [-0.4, -0.2) is 108 Å². The van der Waals surface area contributed by atoms with E-state index in [2.05, 4.69) is 26.3 Å². The average Bonchev–Trinajstić information content (AvgIpc) is 3.67. The largest absolute Gasteiger partial charge is 0.503 e. The summed E-state index contributed by atoms with van der Waals surface area (Å²) in [5, 5.41) is 21.5. The number of ether oxygens (including phenoxy) is 3. The molecular formula is C38H40N6O11. The van der Waals surface area contributed by atoms with Crippen LogP contribution in [0.2, 0.25) is 0 Å². The summed E-state index contributed by atoms with van der Waals surface area (Å²) < 4.78 is 16.2. The molecule has 1 aromatic heterocycles. The highest BCUT2D eigenvalue weighted by Gasteiger charge is 2.47. The number of esters is 1. The van der Waals surface area contributed by atoms with E-state index in [0.717, 1.165) is 16.0 Å². The maximum absolute atomic E-state index is 13.2. The highest BCUT2D eigenvalue weighted by atomic mass is 16.5. The lowest BCUT2D eigenvalue weighted by atomic mass is 9.95. The van der Waals surface area contributed by atoms with Gasteiger partial charge in [0, 0.05) is 56.7 Å². The zero-order chi connectivity index (χ0) is 39.1. The highest BCUT2D eigenvalue weighted by Crippen LogP contribution is 2.34. The van der Waals surface area contributed by atoms with Crippen LogP contribution in [0.25, 0.3) is 0 Å². The molecular weight excluding hydrogens is 716 g/mol. The summed E-state index contributed by atoms with van der Waals surface area (Å²) in [6.07, 6.45) is 2.31. The quantitative estimate of drug-likeness (QED) is 0.0782. The first-order valence-corrected chi connectivity index (χ1v) is 17.7. The van der Waals surface area contributed by atoms with Crippen molar-refractivity contribution in [2.45, 2.75) is 50.1 Å². The van der Waals surface area contributed by atoms with Crippen LogP contribution in [0.1, 0.15) is 68.0 Å². The Morgan fingerprint density at radius 3 is 2.45 bits per heavy atom. The number of nitrogens with zero attached hydrogens (tertiary/aromatic N) is 2. The molecule has 1 fully saturated rings. The molecule has 1 saturated heterocycles. The fourth-order valence-electron chi connectivity index (χ4n) is 6.85. The third kappa shape index (κ3) is 8.26. The zero-order valence-electron chi connectivity index (χ0n) is 30.0. The van der Waals surface area contributed by atoms with Crippen molar-refractivity contribution in [1.29, 1.82) is 0 Å². The van der Waals surface area contributed by atoms with Crippen molar-refractivity contribution >= 4 is 47.1 Å². The second-order valence-electron chi connectivity index (χ2n) is 13.2. The number of aromatic hydroxyl groups is 1. The molecule has 0 spiro atoms. The summed E-state index contributed by atoms with van der Waals surface area (Å²) in [6, 6.07) is 12.6. The second-order valence-corrected chi connectivity index (χ2v) is 13.2.